The Morgan fingerprint density at radius 2 is 1.79 bits per heavy atom. The van der Waals surface area contributed by atoms with Gasteiger partial charge in [0.15, 0.2) is 0 Å². The van der Waals surface area contributed by atoms with Crippen LogP contribution >= 0.6 is 0 Å². The Hall–Kier alpha value is -1.80. The molecule has 19 heavy (non-hydrogen) atoms. The van der Waals surface area contributed by atoms with Crippen LogP contribution in [-0.4, -0.2) is 5.11 Å². The summed E-state index contributed by atoms with van der Waals surface area (Å²) in [4.78, 5) is 0. The molecular formula is C17H20O2. The molecule has 2 aromatic rings. The molecule has 2 heteroatoms. The van der Waals surface area contributed by atoms with Crippen LogP contribution in [0.4, 0.5) is 0 Å². The van der Waals surface area contributed by atoms with Gasteiger partial charge in [-0.3, -0.25) is 0 Å². The molecule has 2 nitrogen and oxygen atoms in total. The van der Waals surface area contributed by atoms with Gasteiger partial charge in [-0.15, -0.1) is 0 Å². The summed E-state index contributed by atoms with van der Waals surface area (Å²) in [6, 6.07) is 13.9. The molecule has 1 N–H and O–H groups in total. The summed E-state index contributed by atoms with van der Waals surface area (Å²) in [5.74, 6) is 2.14. The van der Waals surface area contributed by atoms with E-state index in [9.17, 15) is 0 Å². The molecule has 2 aromatic carbocycles. The highest BCUT2D eigenvalue weighted by Gasteiger charge is 2.04. The van der Waals surface area contributed by atoms with Gasteiger partial charge in [-0.1, -0.05) is 32.0 Å². The minimum absolute atomic E-state index is 0.0644. The lowest BCUT2D eigenvalue weighted by molar-refractivity contribution is 0.281. The number of rotatable bonds is 4. The van der Waals surface area contributed by atoms with E-state index >= 15 is 0 Å². The molecule has 0 aliphatic heterocycles. The molecule has 0 atom stereocenters. The second-order valence-electron chi connectivity index (χ2n) is 5.08. The van der Waals surface area contributed by atoms with Crippen molar-refractivity contribution in [3.05, 3.63) is 59.2 Å². The van der Waals surface area contributed by atoms with Crippen molar-refractivity contribution in [2.75, 3.05) is 0 Å². The number of aliphatic hydroxyl groups excluding tert-OH is 1. The van der Waals surface area contributed by atoms with Crippen LogP contribution in [0.2, 0.25) is 0 Å². The minimum atomic E-state index is 0.0644. The monoisotopic (exact) mass is 256 g/mol. The van der Waals surface area contributed by atoms with Gasteiger partial charge in [0.25, 0.3) is 0 Å². The normalized spacial score (nSPS) is 10.8. The highest BCUT2D eigenvalue weighted by atomic mass is 16.5. The number of benzene rings is 2. The lowest BCUT2D eigenvalue weighted by atomic mass is 10.0. The van der Waals surface area contributed by atoms with Crippen molar-refractivity contribution in [3.8, 4) is 11.5 Å². The highest BCUT2D eigenvalue weighted by Crippen LogP contribution is 2.26. The van der Waals surface area contributed by atoms with Crippen LogP contribution in [0.1, 0.15) is 36.5 Å². The molecular weight excluding hydrogens is 236 g/mol. The Balaban J connectivity index is 2.21. The maximum atomic E-state index is 9.16. The molecule has 0 radical (unpaired) electrons. The Labute approximate surface area is 114 Å². The van der Waals surface area contributed by atoms with E-state index in [2.05, 4.69) is 26.0 Å². The standard InChI is InChI=1S/C17H20O2/c1-12(2)14-5-4-6-16(10-14)19-17-8-7-15(11-18)13(3)9-17/h4-10,12,18H,11H2,1-3H3. The summed E-state index contributed by atoms with van der Waals surface area (Å²) in [6.45, 7) is 6.37. The third kappa shape index (κ3) is 3.36. The van der Waals surface area contributed by atoms with Crippen molar-refractivity contribution in [1.29, 1.82) is 0 Å². The summed E-state index contributed by atoms with van der Waals surface area (Å²) in [7, 11) is 0. The smallest absolute Gasteiger partial charge is 0.127 e. The predicted molar refractivity (Wildman–Crippen MR) is 77.7 cm³/mol. The van der Waals surface area contributed by atoms with Crippen LogP contribution in [-0.2, 0) is 6.61 Å². The van der Waals surface area contributed by atoms with E-state index in [0.29, 0.717) is 5.92 Å². The summed E-state index contributed by atoms with van der Waals surface area (Å²) in [5.41, 5.74) is 3.24. The van der Waals surface area contributed by atoms with Crippen LogP contribution in [0.3, 0.4) is 0 Å². The average Bonchev–Trinajstić information content (AvgIpc) is 2.39. The molecule has 0 bridgehead atoms. The Morgan fingerprint density at radius 3 is 2.42 bits per heavy atom. The zero-order valence-corrected chi connectivity index (χ0v) is 11.7. The zero-order valence-electron chi connectivity index (χ0n) is 11.7. The first-order chi connectivity index (χ1) is 9.10. The number of hydrogen-bond donors (Lipinski definition) is 1. The number of ether oxygens (including phenoxy) is 1. The molecule has 0 saturated heterocycles. The zero-order chi connectivity index (χ0) is 13.8. The Kier molecular flexibility index (Phi) is 4.23. The number of hydrogen-bond acceptors (Lipinski definition) is 2. The lowest BCUT2D eigenvalue weighted by Crippen LogP contribution is -1.92. The van der Waals surface area contributed by atoms with E-state index in [1.165, 1.54) is 5.56 Å². The van der Waals surface area contributed by atoms with E-state index < -0.39 is 0 Å². The first-order valence-corrected chi connectivity index (χ1v) is 6.58. The van der Waals surface area contributed by atoms with E-state index in [0.717, 1.165) is 22.6 Å². The lowest BCUT2D eigenvalue weighted by Gasteiger charge is -2.11. The third-order valence-electron chi connectivity index (χ3n) is 3.24. The molecule has 0 heterocycles. The number of aliphatic hydroxyl groups is 1. The summed E-state index contributed by atoms with van der Waals surface area (Å²) in [5, 5.41) is 9.16. The fraction of sp³-hybridized carbons (Fsp3) is 0.294. The molecule has 0 aliphatic rings. The maximum absolute atomic E-state index is 9.16. The Bertz CT molecular complexity index is 559. The maximum Gasteiger partial charge on any atom is 0.127 e. The van der Waals surface area contributed by atoms with Gasteiger partial charge in [-0.25, -0.2) is 0 Å². The molecule has 0 saturated carbocycles. The van der Waals surface area contributed by atoms with Crippen LogP contribution in [0, 0.1) is 6.92 Å². The van der Waals surface area contributed by atoms with Crippen LogP contribution in [0.25, 0.3) is 0 Å². The summed E-state index contributed by atoms with van der Waals surface area (Å²) >= 11 is 0. The molecule has 0 fully saturated rings. The summed E-state index contributed by atoms with van der Waals surface area (Å²) in [6.07, 6.45) is 0. The van der Waals surface area contributed by atoms with E-state index in [4.69, 9.17) is 9.84 Å². The van der Waals surface area contributed by atoms with E-state index in [1.54, 1.807) is 0 Å². The van der Waals surface area contributed by atoms with Crippen molar-refractivity contribution in [1.82, 2.24) is 0 Å². The van der Waals surface area contributed by atoms with Crippen molar-refractivity contribution < 1.29 is 9.84 Å². The van der Waals surface area contributed by atoms with Gasteiger partial charge in [0, 0.05) is 0 Å². The Morgan fingerprint density at radius 1 is 1.05 bits per heavy atom. The van der Waals surface area contributed by atoms with Crippen LogP contribution in [0.5, 0.6) is 11.5 Å². The molecule has 0 unspecified atom stereocenters. The van der Waals surface area contributed by atoms with Gasteiger partial charge in [-0.05, 0) is 53.8 Å². The first kappa shape index (κ1) is 13.6. The SMILES string of the molecule is Cc1cc(Oc2cccc(C(C)C)c2)ccc1CO. The predicted octanol–water partition coefficient (Wildman–Crippen LogP) is 4.40. The van der Waals surface area contributed by atoms with Crippen molar-refractivity contribution in [2.24, 2.45) is 0 Å². The number of aryl methyl sites for hydroxylation is 1. The van der Waals surface area contributed by atoms with E-state index in [1.807, 2.05) is 37.3 Å². The van der Waals surface area contributed by atoms with Crippen LogP contribution < -0.4 is 4.74 Å². The largest absolute Gasteiger partial charge is 0.457 e. The van der Waals surface area contributed by atoms with Gasteiger partial charge in [0.05, 0.1) is 6.61 Å². The fourth-order valence-corrected chi connectivity index (χ4v) is 1.98. The van der Waals surface area contributed by atoms with E-state index in [-0.39, 0.29) is 6.61 Å². The summed E-state index contributed by atoms with van der Waals surface area (Å²) < 4.78 is 5.87. The van der Waals surface area contributed by atoms with Gasteiger partial charge in [-0.2, -0.15) is 0 Å². The molecule has 2 rings (SSSR count). The van der Waals surface area contributed by atoms with Gasteiger partial charge in [0.2, 0.25) is 0 Å². The van der Waals surface area contributed by atoms with Crippen molar-refractivity contribution >= 4 is 0 Å². The fourth-order valence-electron chi connectivity index (χ4n) is 1.98. The molecule has 0 spiro atoms. The highest BCUT2D eigenvalue weighted by molar-refractivity contribution is 5.39. The second kappa shape index (κ2) is 5.89. The molecule has 100 valence electrons. The molecule has 0 aliphatic carbocycles. The van der Waals surface area contributed by atoms with Crippen molar-refractivity contribution in [2.45, 2.75) is 33.3 Å². The van der Waals surface area contributed by atoms with Crippen molar-refractivity contribution in [3.63, 3.8) is 0 Å². The van der Waals surface area contributed by atoms with Gasteiger partial charge in [0.1, 0.15) is 11.5 Å². The molecule has 0 amide bonds. The second-order valence-corrected chi connectivity index (χ2v) is 5.08. The minimum Gasteiger partial charge on any atom is -0.457 e. The van der Waals surface area contributed by atoms with Crippen LogP contribution in [0.15, 0.2) is 42.5 Å². The average molecular weight is 256 g/mol. The quantitative estimate of drug-likeness (QED) is 0.878. The topological polar surface area (TPSA) is 29.5 Å². The third-order valence-corrected chi connectivity index (χ3v) is 3.24. The van der Waals surface area contributed by atoms with Gasteiger partial charge < -0.3 is 9.84 Å². The van der Waals surface area contributed by atoms with Gasteiger partial charge >= 0.3 is 0 Å². The first-order valence-electron chi connectivity index (χ1n) is 6.58. The molecule has 0 aromatic heterocycles.